The fourth-order valence-electron chi connectivity index (χ4n) is 4.51. The van der Waals surface area contributed by atoms with Gasteiger partial charge in [-0.15, -0.1) is 0 Å². The van der Waals surface area contributed by atoms with E-state index in [0.717, 1.165) is 12.3 Å². The van der Waals surface area contributed by atoms with Gasteiger partial charge in [0.1, 0.15) is 17.7 Å². The summed E-state index contributed by atoms with van der Waals surface area (Å²) in [4.78, 5) is 18.6. The Kier molecular flexibility index (Phi) is 6.48. The van der Waals surface area contributed by atoms with Gasteiger partial charge >= 0.3 is 6.03 Å². The van der Waals surface area contributed by atoms with Crippen molar-refractivity contribution in [1.29, 1.82) is 0 Å². The summed E-state index contributed by atoms with van der Waals surface area (Å²) in [5.41, 5.74) is 1.98. The topological polar surface area (TPSA) is 92.9 Å². The number of nitrogens with zero attached hydrogens (tertiary/aromatic N) is 6. The number of aromatic nitrogens is 3. The van der Waals surface area contributed by atoms with Gasteiger partial charge in [0.05, 0.1) is 47.5 Å². The number of amides is 2. The third-order valence-corrected chi connectivity index (χ3v) is 7.22. The van der Waals surface area contributed by atoms with Crippen molar-refractivity contribution in [2.75, 3.05) is 19.3 Å². The van der Waals surface area contributed by atoms with Gasteiger partial charge in [-0.05, 0) is 24.6 Å². The molecule has 0 aliphatic carbocycles. The number of likely N-dealkylation sites (tertiary alicyclic amines) is 1. The zero-order chi connectivity index (χ0) is 26.4. The van der Waals surface area contributed by atoms with Crippen LogP contribution in [-0.4, -0.2) is 66.6 Å². The van der Waals surface area contributed by atoms with Crippen LogP contribution in [0.3, 0.4) is 0 Å². The summed E-state index contributed by atoms with van der Waals surface area (Å²) >= 11 is 0. The molecule has 37 heavy (non-hydrogen) atoms. The van der Waals surface area contributed by atoms with Crippen molar-refractivity contribution in [1.82, 2.24) is 24.7 Å². The third-order valence-electron chi connectivity index (χ3n) is 6.28. The molecule has 2 aromatic heterocycles. The van der Waals surface area contributed by atoms with Crippen LogP contribution in [0.5, 0.6) is 5.75 Å². The Balaban J connectivity index is 1.27. The summed E-state index contributed by atoms with van der Waals surface area (Å²) < 4.78 is 61.2. The summed E-state index contributed by atoms with van der Waals surface area (Å²) in [5.74, 6) is -2.16. The molecule has 194 valence electrons. The average molecular weight is 533 g/mol. The van der Waals surface area contributed by atoms with Crippen LogP contribution < -0.4 is 4.74 Å². The van der Waals surface area contributed by atoms with E-state index in [4.69, 9.17) is 4.74 Å². The molecule has 0 radical (unpaired) electrons. The molecule has 0 spiro atoms. The van der Waals surface area contributed by atoms with Gasteiger partial charge in [0.2, 0.25) is 0 Å². The lowest BCUT2D eigenvalue weighted by Gasteiger charge is -2.41. The van der Waals surface area contributed by atoms with E-state index in [-0.39, 0.29) is 18.8 Å². The molecule has 4 heterocycles. The SMILES string of the molecule is Cc1c(S(C)=O)nn(C)c1-c1cc(OC2CN(C(=O)N3N=CC[C@H]3c3cc(F)cc(F)c3)C2)c(F)cn1. The van der Waals surface area contributed by atoms with Crippen LogP contribution in [0.1, 0.15) is 23.6 Å². The van der Waals surface area contributed by atoms with Gasteiger partial charge in [-0.2, -0.15) is 10.2 Å². The fourth-order valence-corrected chi connectivity index (χ4v) is 5.28. The number of rotatable bonds is 5. The Bertz CT molecular complexity index is 1420. The largest absolute Gasteiger partial charge is 0.483 e. The number of ether oxygens (including phenoxy) is 1. The monoisotopic (exact) mass is 532 g/mol. The highest BCUT2D eigenvalue weighted by molar-refractivity contribution is 7.84. The van der Waals surface area contributed by atoms with Crippen molar-refractivity contribution in [2.45, 2.75) is 30.5 Å². The van der Waals surface area contributed by atoms with Gasteiger partial charge in [-0.25, -0.2) is 23.0 Å². The van der Waals surface area contributed by atoms with Crippen LogP contribution >= 0.6 is 0 Å². The number of hydrogen-bond acceptors (Lipinski definition) is 6. The van der Waals surface area contributed by atoms with Gasteiger partial charge in [-0.3, -0.25) is 13.9 Å². The Morgan fingerprint density at radius 3 is 2.49 bits per heavy atom. The lowest BCUT2D eigenvalue weighted by Crippen LogP contribution is -2.58. The predicted octanol–water partition coefficient (Wildman–Crippen LogP) is 3.56. The number of hydrazone groups is 1. The maximum Gasteiger partial charge on any atom is 0.341 e. The third kappa shape index (κ3) is 4.70. The molecular weight excluding hydrogens is 509 g/mol. The molecule has 1 unspecified atom stereocenters. The number of halogens is 3. The van der Waals surface area contributed by atoms with E-state index in [0.29, 0.717) is 34.0 Å². The molecule has 2 amide bonds. The first kappa shape index (κ1) is 24.9. The Hall–Kier alpha value is -3.74. The van der Waals surface area contributed by atoms with E-state index in [1.165, 1.54) is 45.3 Å². The lowest BCUT2D eigenvalue weighted by atomic mass is 10.0. The number of carbonyl (C=O) groups excluding carboxylic acids is 1. The van der Waals surface area contributed by atoms with E-state index in [1.54, 1.807) is 14.0 Å². The van der Waals surface area contributed by atoms with Crippen LogP contribution in [0.4, 0.5) is 18.0 Å². The highest BCUT2D eigenvalue weighted by Gasteiger charge is 2.39. The Morgan fingerprint density at radius 1 is 1.14 bits per heavy atom. The lowest BCUT2D eigenvalue weighted by molar-refractivity contribution is 0.0256. The smallest absolute Gasteiger partial charge is 0.341 e. The second kappa shape index (κ2) is 9.61. The number of aryl methyl sites for hydroxylation is 1. The Labute approximate surface area is 213 Å². The number of pyridine rings is 1. The minimum Gasteiger partial charge on any atom is -0.483 e. The number of benzene rings is 1. The number of carbonyl (C=O) groups is 1. The van der Waals surface area contributed by atoms with Crippen LogP contribution in [-0.2, 0) is 17.8 Å². The minimum absolute atomic E-state index is 0.0332. The maximum absolute atomic E-state index is 14.5. The molecule has 1 saturated heterocycles. The molecule has 1 fully saturated rings. The highest BCUT2D eigenvalue weighted by atomic mass is 32.2. The normalized spacial score (nSPS) is 18.3. The molecule has 2 aliphatic heterocycles. The summed E-state index contributed by atoms with van der Waals surface area (Å²) in [6.45, 7) is 2.12. The summed E-state index contributed by atoms with van der Waals surface area (Å²) in [5, 5.41) is 9.97. The molecule has 5 rings (SSSR count). The first-order chi connectivity index (χ1) is 17.6. The maximum atomic E-state index is 14.5. The van der Waals surface area contributed by atoms with E-state index in [9.17, 15) is 22.2 Å². The van der Waals surface area contributed by atoms with Gasteiger partial charge in [0, 0.05) is 43.6 Å². The zero-order valence-electron chi connectivity index (χ0n) is 20.2. The molecule has 13 heteroatoms. The standard InChI is InChI=1S/C24H23F3N6O3S/c1-13-22(31(2)30-23(13)37(3)35)19-9-21(18(27)10-28-19)36-17-11-32(12-17)24(34)33-20(4-5-29-33)14-6-15(25)8-16(26)7-14/h5-10,17,20H,4,11-12H2,1-3H3/t20-,37?/m0/s1. The van der Waals surface area contributed by atoms with E-state index in [1.807, 2.05) is 0 Å². The number of hydrogen-bond donors (Lipinski definition) is 0. The number of urea groups is 1. The van der Waals surface area contributed by atoms with Crippen molar-refractivity contribution in [3.05, 3.63) is 59.0 Å². The van der Waals surface area contributed by atoms with Crippen molar-refractivity contribution < 1.29 is 26.9 Å². The van der Waals surface area contributed by atoms with Crippen molar-refractivity contribution in [3.8, 4) is 17.1 Å². The van der Waals surface area contributed by atoms with Crippen LogP contribution in [0, 0.1) is 24.4 Å². The zero-order valence-corrected chi connectivity index (χ0v) is 21.0. The quantitative estimate of drug-likeness (QED) is 0.501. The van der Waals surface area contributed by atoms with E-state index < -0.39 is 46.4 Å². The molecular formula is C24H23F3N6O3S. The molecule has 9 nitrogen and oxygen atoms in total. The van der Waals surface area contributed by atoms with E-state index in [2.05, 4.69) is 15.2 Å². The van der Waals surface area contributed by atoms with Gasteiger partial charge in [0.15, 0.2) is 16.6 Å². The van der Waals surface area contributed by atoms with Gasteiger partial charge in [-0.1, -0.05) is 0 Å². The Morgan fingerprint density at radius 2 is 1.84 bits per heavy atom. The van der Waals surface area contributed by atoms with Crippen molar-refractivity contribution in [3.63, 3.8) is 0 Å². The first-order valence-electron chi connectivity index (χ1n) is 11.4. The van der Waals surface area contributed by atoms with Crippen molar-refractivity contribution >= 4 is 23.0 Å². The second-order valence-corrected chi connectivity index (χ2v) is 10.2. The van der Waals surface area contributed by atoms with Crippen LogP contribution in [0.2, 0.25) is 0 Å². The molecule has 3 aromatic rings. The molecule has 2 aliphatic rings. The molecule has 2 atom stereocenters. The highest BCUT2D eigenvalue weighted by Crippen LogP contribution is 2.33. The average Bonchev–Trinajstić information content (AvgIpc) is 3.41. The van der Waals surface area contributed by atoms with Crippen molar-refractivity contribution in [2.24, 2.45) is 12.1 Å². The molecule has 1 aromatic carbocycles. The van der Waals surface area contributed by atoms with Crippen LogP contribution in [0.15, 0.2) is 40.6 Å². The summed E-state index contributed by atoms with van der Waals surface area (Å²) in [6.07, 6.45) is 3.95. The summed E-state index contributed by atoms with van der Waals surface area (Å²) in [7, 11) is 0.391. The molecule has 0 saturated carbocycles. The van der Waals surface area contributed by atoms with Crippen LogP contribution in [0.25, 0.3) is 11.4 Å². The van der Waals surface area contributed by atoms with Gasteiger partial charge in [0.25, 0.3) is 0 Å². The molecule has 0 N–H and O–H groups in total. The minimum atomic E-state index is -1.30. The first-order valence-corrected chi connectivity index (χ1v) is 12.9. The van der Waals surface area contributed by atoms with Gasteiger partial charge < -0.3 is 9.64 Å². The second-order valence-electron chi connectivity index (χ2n) is 8.88. The van der Waals surface area contributed by atoms with E-state index >= 15 is 0 Å². The predicted molar refractivity (Wildman–Crippen MR) is 129 cm³/mol. The molecule has 0 bridgehead atoms. The fraction of sp³-hybridized carbons (Fsp3) is 0.333. The summed E-state index contributed by atoms with van der Waals surface area (Å²) in [6, 6.07) is 3.52.